The molecule has 4 aromatic carbocycles. The molecule has 0 saturated carbocycles. The van der Waals surface area contributed by atoms with E-state index in [0.717, 1.165) is 34.3 Å². The van der Waals surface area contributed by atoms with Gasteiger partial charge in [-0.15, -0.1) is 0 Å². The van der Waals surface area contributed by atoms with E-state index in [9.17, 15) is 9.90 Å². The molecule has 1 aliphatic heterocycles. The number of para-hydroxylation sites is 2. The van der Waals surface area contributed by atoms with Gasteiger partial charge in [0.1, 0.15) is 11.9 Å². The SMILES string of the molecule is C[C@H](c1cccc2ccccc12)N(CC1CN(Cc2ccccc2)c2ccccc2O1)C(=O)O. The monoisotopic (exact) mass is 452 g/mol. The highest BCUT2D eigenvalue weighted by Gasteiger charge is 2.31. The topological polar surface area (TPSA) is 53.0 Å². The standard InChI is InChI=1S/C29H28N2O3/c1-21(25-15-9-13-23-12-5-6-14-26(23)25)31(29(32)33)20-24-19-30(18-22-10-3-2-4-11-22)27-16-7-8-17-28(27)34-24/h2-17,21,24H,18-20H2,1H3,(H,32,33)/t21-,24?/m1/s1. The molecule has 1 amide bonds. The third kappa shape index (κ3) is 4.42. The summed E-state index contributed by atoms with van der Waals surface area (Å²) in [5.74, 6) is 0.790. The lowest BCUT2D eigenvalue weighted by Crippen LogP contribution is -2.48. The normalized spacial score (nSPS) is 15.9. The Morgan fingerprint density at radius 1 is 0.971 bits per heavy atom. The zero-order valence-corrected chi connectivity index (χ0v) is 19.2. The maximum absolute atomic E-state index is 12.4. The molecule has 0 radical (unpaired) electrons. The number of fused-ring (bicyclic) bond motifs is 2. The second-order valence-electron chi connectivity index (χ2n) is 8.75. The Hall–Kier alpha value is -3.99. The van der Waals surface area contributed by atoms with E-state index >= 15 is 0 Å². The number of nitrogens with zero attached hydrogens (tertiary/aromatic N) is 2. The highest BCUT2D eigenvalue weighted by atomic mass is 16.5. The summed E-state index contributed by atoms with van der Waals surface area (Å²) in [4.78, 5) is 16.2. The first-order valence-electron chi connectivity index (χ1n) is 11.6. The summed E-state index contributed by atoms with van der Waals surface area (Å²) in [6.07, 6.45) is -1.23. The van der Waals surface area contributed by atoms with Gasteiger partial charge in [0.15, 0.2) is 0 Å². The van der Waals surface area contributed by atoms with E-state index in [4.69, 9.17) is 4.74 Å². The smallest absolute Gasteiger partial charge is 0.407 e. The average Bonchev–Trinajstić information content (AvgIpc) is 2.87. The number of rotatable bonds is 6. The van der Waals surface area contributed by atoms with Gasteiger partial charge >= 0.3 is 6.09 Å². The first-order valence-corrected chi connectivity index (χ1v) is 11.6. The van der Waals surface area contributed by atoms with Gasteiger partial charge < -0.3 is 14.7 Å². The van der Waals surface area contributed by atoms with E-state index in [1.54, 1.807) is 0 Å². The van der Waals surface area contributed by atoms with E-state index in [2.05, 4.69) is 41.3 Å². The molecule has 0 aliphatic carbocycles. The Morgan fingerprint density at radius 3 is 2.50 bits per heavy atom. The summed E-state index contributed by atoms with van der Waals surface area (Å²) in [7, 11) is 0. The molecule has 0 fully saturated rings. The van der Waals surface area contributed by atoms with E-state index in [-0.39, 0.29) is 18.7 Å². The molecule has 1 N–H and O–H groups in total. The minimum atomic E-state index is -0.947. The Labute approximate surface area is 199 Å². The van der Waals surface area contributed by atoms with Crippen LogP contribution in [0, 0.1) is 0 Å². The van der Waals surface area contributed by atoms with Crippen LogP contribution < -0.4 is 9.64 Å². The third-order valence-corrected chi connectivity index (χ3v) is 6.53. The summed E-state index contributed by atoms with van der Waals surface area (Å²) in [5.41, 5.74) is 3.24. The van der Waals surface area contributed by atoms with Crippen LogP contribution in [-0.4, -0.2) is 35.3 Å². The molecule has 1 aliphatic rings. The molecule has 1 unspecified atom stereocenters. The number of hydrogen-bond acceptors (Lipinski definition) is 3. The van der Waals surface area contributed by atoms with Crippen molar-refractivity contribution in [3.05, 3.63) is 108 Å². The molecule has 4 aromatic rings. The van der Waals surface area contributed by atoms with Crippen LogP contribution in [0.1, 0.15) is 24.1 Å². The maximum Gasteiger partial charge on any atom is 0.407 e. The Morgan fingerprint density at radius 2 is 1.68 bits per heavy atom. The minimum absolute atomic E-state index is 0.277. The lowest BCUT2D eigenvalue weighted by atomic mass is 9.98. The summed E-state index contributed by atoms with van der Waals surface area (Å²) < 4.78 is 6.31. The van der Waals surface area contributed by atoms with Gasteiger partial charge in [-0.05, 0) is 41.0 Å². The first kappa shape index (κ1) is 21.8. The van der Waals surface area contributed by atoms with Crippen molar-refractivity contribution in [3.63, 3.8) is 0 Å². The molecule has 172 valence electrons. The third-order valence-electron chi connectivity index (χ3n) is 6.53. The molecule has 0 bridgehead atoms. The van der Waals surface area contributed by atoms with Gasteiger partial charge in [-0.25, -0.2) is 4.79 Å². The van der Waals surface area contributed by atoms with E-state index in [1.165, 1.54) is 10.5 Å². The van der Waals surface area contributed by atoms with Crippen LogP contribution in [0.15, 0.2) is 97.1 Å². The number of carbonyl (C=O) groups is 1. The predicted octanol–water partition coefficient (Wildman–Crippen LogP) is 6.35. The number of benzene rings is 4. The Kier molecular flexibility index (Phi) is 6.09. The molecular formula is C29H28N2O3. The number of amides is 1. The van der Waals surface area contributed by atoms with Gasteiger partial charge in [-0.2, -0.15) is 0 Å². The number of ether oxygens (including phenoxy) is 1. The average molecular weight is 453 g/mol. The molecule has 5 rings (SSSR count). The molecule has 1 heterocycles. The van der Waals surface area contributed by atoms with Crippen molar-refractivity contribution in [1.82, 2.24) is 4.90 Å². The fourth-order valence-corrected chi connectivity index (χ4v) is 4.83. The van der Waals surface area contributed by atoms with Crippen molar-refractivity contribution in [1.29, 1.82) is 0 Å². The highest BCUT2D eigenvalue weighted by Crippen LogP contribution is 2.35. The van der Waals surface area contributed by atoms with Gasteiger partial charge in [0.2, 0.25) is 0 Å². The van der Waals surface area contributed by atoms with Gasteiger partial charge in [0.25, 0.3) is 0 Å². The van der Waals surface area contributed by atoms with Crippen LogP contribution in [-0.2, 0) is 6.54 Å². The molecule has 0 spiro atoms. The number of carboxylic acid groups (broad SMARTS) is 1. The lowest BCUT2D eigenvalue weighted by molar-refractivity contribution is 0.0889. The van der Waals surface area contributed by atoms with Crippen LogP contribution in [0.4, 0.5) is 10.5 Å². The van der Waals surface area contributed by atoms with Crippen LogP contribution >= 0.6 is 0 Å². The van der Waals surface area contributed by atoms with Crippen LogP contribution in [0.3, 0.4) is 0 Å². The maximum atomic E-state index is 12.4. The van der Waals surface area contributed by atoms with Gasteiger partial charge in [0, 0.05) is 6.54 Å². The molecule has 5 heteroatoms. The van der Waals surface area contributed by atoms with Crippen molar-refractivity contribution in [2.45, 2.75) is 25.6 Å². The zero-order chi connectivity index (χ0) is 23.5. The van der Waals surface area contributed by atoms with Crippen molar-refractivity contribution >= 4 is 22.6 Å². The number of hydrogen-bond donors (Lipinski definition) is 1. The molecule has 5 nitrogen and oxygen atoms in total. The zero-order valence-electron chi connectivity index (χ0n) is 19.2. The summed E-state index contributed by atoms with van der Waals surface area (Å²) >= 11 is 0. The van der Waals surface area contributed by atoms with E-state index in [1.807, 2.05) is 67.6 Å². The van der Waals surface area contributed by atoms with Crippen molar-refractivity contribution in [2.24, 2.45) is 0 Å². The second kappa shape index (κ2) is 9.48. The van der Waals surface area contributed by atoms with Gasteiger partial charge in [-0.3, -0.25) is 4.90 Å². The van der Waals surface area contributed by atoms with Gasteiger partial charge in [0.05, 0.1) is 24.8 Å². The minimum Gasteiger partial charge on any atom is -0.485 e. The second-order valence-corrected chi connectivity index (χ2v) is 8.75. The lowest BCUT2D eigenvalue weighted by Gasteiger charge is -2.39. The van der Waals surface area contributed by atoms with Crippen molar-refractivity contribution in [3.8, 4) is 5.75 Å². The molecule has 2 atom stereocenters. The Balaban J connectivity index is 1.41. The van der Waals surface area contributed by atoms with Crippen LogP contribution in [0.25, 0.3) is 10.8 Å². The number of anilines is 1. The Bertz CT molecular complexity index is 1290. The summed E-state index contributed by atoms with van der Waals surface area (Å²) in [5, 5.41) is 12.3. The predicted molar refractivity (Wildman–Crippen MR) is 135 cm³/mol. The molecule has 0 saturated heterocycles. The fourth-order valence-electron chi connectivity index (χ4n) is 4.83. The molecule has 0 aromatic heterocycles. The fraction of sp³-hybridized carbons (Fsp3) is 0.207. The largest absolute Gasteiger partial charge is 0.485 e. The van der Waals surface area contributed by atoms with E-state index in [0.29, 0.717) is 6.54 Å². The molecular weight excluding hydrogens is 424 g/mol. The summed E-state index contributed by atoms with van der Waals surface area (Å²) in [6, 6.07) is 32.1. The van der Waals surface area contributed by atoms with E-state index < -0.39 is 6.09 Å². The highest BCUT2D eigenvalue weighted by molar-refractivity contribution is 5.86. The first-order chi connectivity index (χ1) is 16.6. The van der Waals surface area contributed by atoms with Gasteiger partial charge in [-0.1, -0.05) is 84.9 Å². The van der Waals surface area contributed by atoms with Crippen LogP contribution in [0.5, 0.6) is 5.75 Å². The molecule has 34 heavy (non-hydrogen) atoms. The van der Waals surface area contributed by atoms with Crippen molar-refractivity contribution < 1.29 is 14.6 Å². The van der Waals surface area contributed by atoms with Crippen LogP contribution in [0.2, 0.25) is 0 Å². The quantitative estimate of drug-likeness (QED) is 0.370. The summed E-state index contributed by atoms with van der Waals surface area (Å²) in [6.45, 7) is 3.58. The van der Waals surface area contributed by atoms with Crippen molar-refractivity contribution in [2.75, 3.05) is 18.0 Å².